The first kappa shape index (κ1) is 16.6. The molecule has 128 valence electrons. The minimum atomic E-state index is -0.392. The molecule has 1 atom stereocenters. The first-order chi connectivity index (χ1) is 11.2. The molecule has 2 aliphatic heterocycles. The first-order valence-corrected chi connectivity index (χ1v) is 8.21. The second-order valence-corrected chi connectivity index (χ2v) is 7.44. The lowest BCUT2D eigenvalue weighted by Gasteiger charge is -2.42. The highest BCUT2D eigenvalue weighted by Gasteiger charge is 2.40. The fraction of sp³-hybridized carbons (Fsp3) is 0.500. The minimum absolute atomic E-state index is 0.0452. The predicted octanol–water partition coefficient (Wildman–Crippen LogP) is 1.18. The fourth-order valence-electron chi connectivity index (χ4n) is 3.37. The molecule has 0 radical (unpaired) electrons. The van der Waals surface area contributed by atoms with E-state index in [1.54, 1.807) is 23.1 Å². The minimum Gasteiger partial charge on any atom is -0.340 e. The Morgan fingerprint density at radius 1 is 1.25 bits per heavy atom. The highest BCUT2D eigenvalue weighted by Crippen LogP contribution is 2.28. The maximum Gasteiger partial charge on any atom is 0.262 e. The van der Waals surface area contributed by atoms with E-state index in [-0.39, 0.29) is 29.8 Å². The number of likely N-dealkylation sites (tertiary alicyclic amines) is 1. The lowest BCUT2D eigenvalue weighted by atomic mass is 9.79. The Bertz CT molecular complexity index is 726. The number of hydrogen-bond acceptors (Lipinski definition) is 4. The summed E-state index contributed by atoms with van der Waals surface area (Å²) in [5, 5.41) is 0. The Balaban J connectivity index is 1.74. The molecule has 1 saturated heterocycles. The van der Waals surface area contributed by atoms with Crippen molar-refractivity contribution in [3.05, 3.63) is 34.9 Å². The van der Waals surface area contributed by atoms with Gasteiger partial charge in [0, 0.05) is 19.1 Å². The van der Waals surface area contributed by atoms with Crippen LogP contribution in [0.3, 0.4) is 0 Å². The standard InChI is InChI=1S/C18H23N3O3/c1-11-4-5-12-13(8-11)17(24)21(16(12)23)9-15(22)20-7-6-14(19)18(2,3)10-20/h4-5,8,14H,6-7,9-10,19H2,1-3H3. The van der Waals surface area contributed by atoms with Gasteiger partial charge in [-0.1, -0.05) is 25.5 Å². The number of fused-ring (bicyclic) bond motifs is 1. The quantitative estimate of drug-likeness (QED) is 0.826. The molecule has 1 fully saturated rings. The second-order valence-electron chi connectivity index (χ2n) is 7.44. The van der Waals surface area contributed by atoms with Gasteiger partial charge in [-0.25, -0.2) is 0 Å². The van der Waals surface area contributed by atoms with Crippen LogP contribution in [0.25, 0.3) is 0 Å². The summed E-state index contributed by atoms with van der Waals surface area (Å²) in [5.41, 5.74) is 7.59. The van der Waals surface area contributed by atoms with Crippen molar-refractivity contribution in [2.75, 3.05) is 19.6 Å². The summed E-state index contributed by atoms with van der Waals surface area (Å²) in [6.45, 7) is 6.81. The number of aryl methyl sites for hydroxylation is 1. The van der Waals surface area contributed by atoms with Crippen LogP contribution in [0, 0.1) is 12.3 Å². The van der Waals surface area contributed by atoms with Gasteiger partial charge in [-0.05, 0) is 30.9 Å². The maximum atomic E-state index is 12.6. The molecule has 24 heavy (non-hydrogen) atoms. The molecule has 2 N–H and O–H groups in total. The Labute approximate surface area is 141 Å². The molecule has 0 aromatic heterocycles. The average molecular weight is 329 g/mol. The number of piperidine rings is 1. The first-order valence-electron chi connectivity index (χ1n) is 8.21. The van der Waals surface area contributed by atoms with Crippen molar-refractivity contribution < 1.29 is 14.4 Å². The third-order valence-electron chi connectivity index (χ3n) is 5.08. The number of imide groups is 1. The summed E-state index contributed by atoms with van der Waals surface area (Å²) in [6, 6.07) is 5.19. The Hall–Kier alpha value is -2.21. The highest BCUT2D eigenvalue weighted by atomic mass is 16.2. The number of nitrogens with two attached hydrogens (primary N) is 1. The molecule has 3 rings (SSSR count). The van der Waals surface area contributed by atoms with Crippen LogP contribution in [-0.4, -0.2) is 53.2 Å². The smallest absolute Gasteiger partial charge is 0.262 e. The van der Waals surface area contributed by atoms with E-state index in [1.165, 1.54) is 0 Å². The van der Waals surface area contributed by atoms with Crippen molar-refractivity contribution >= 4 is 17.7 Å². The molecular weight excluding hydrogens is 306 g/mol. The van der Waals surface area contributed by atoms with E-state index >= 15 is 0 Å². The second kappa shape index (κ2) is 5.70. The lowest BCUT2D eigenvalue weighted by Crippen LogP contribution is -2.55. The van der Waals surface area contributed by atoms with Crippen molar-refractivity contribution in [3.8, 4) is 0 Å². The van der Waals surface area contributed by atoms with Gasteiger partial charge in [0.25, 0.3) is 11.8 Å². The summed E-state index contributed by atoms with van der Waals surface area (Å²) >= 11 is 0. The molecule has 0 saturated carbocycles. The SMILES string of the molecule is Cc1ccc2c(c1)C(=O)N(CC(=O)N1CCC(N)C(C)(C)C1)C2=O. The van der Waals surface area contributed by atoms with Gasteiger partial charge in [-0.3, -0.25) is 19.3 Å². The number of rotatable bonds is 2. The molecule has 1 unspecified atom stereocenters. The normalized spacial score (nSPS) is 22.8. The molecular formula is C18H23N3O3. The van der Waals surface area contributed by atoms with Crippen LogP contribution in [-0.2, 0) is 4.79 Å². The van der Waals surface area contributed by atoms with E-state index in [0.717, 1.165) is 16.9 Å². The molecule has 0 spiro atoms. The molecule has 6 heteroatoms. The third kappa shape index (κ3) is 2.71. The van der Waals surface area contributed by atoms with Crippen molar-refractivity contribution in [3.63, 3.8) is 0 Å². The third-order valence-corrected chi connectivity index (χ3v) is 5.08. The van der Waals surface area contributed by atoms with Crippen LogP contribution in [0.2, 0.25) is 0 Å². The number of benzene rings is 1. The molecule has 0 aliphatic carbocycles. The Kier molecular flexibility index (Phi) is 3.95. The van der Waals surface area contributed by atoms with Crippen LogP contribution in [0.4, 0.5) is 0 Å². The van der Waals surface area contributed by atoms with Gasteiger partial charge in [0.15, 0.2) is 0 Å². The monoisotopic (exact) mass is 329 g/mol. The van der Waals surface area contributed by atoms with Gasteiger partial charge in [0.05, 0.1) is 11.1 Å². The van der Waals surface area contributed by atoms with Crippen LogP contribution in [0.1, 0.15) is 46.5 Å². The summed E-state index contributed by atoms with van der Waals surface area (Å²) in [5.74, 6) is -0.988. The molecule has 6 nitrogen and oxygen atoms in total. The summed E-state index contributed by atoms with van der Waals surface area (Å²) in [6.07, 6.45) is 0.722. The highest BCUT2D eigenvalue weighted by molar-refractivity contribution is 6.22. The number of hydrogen-bond donors (Lipinski definition) is 1. The van der Waals surface area contributed by atoms with E-state index in [1.807, 2.05) is 20.8 Å². The van der Waals surface area contributed by atoms with Gasteiger partial charge in [-0.2, -0.15) is 0 Å². The zero-order valence-electron chi connectivity index (χ0n) is 14.3. The van der Waals surface area contributed by atoms with Crippen LogP contribution in [0.5, 0.6) is 0 Å². The van der Waals surface area contributed by atoms with Gasteiger partial charge >= 0.3 is 0 Å². The molecule has 1 aromatic rings. The number of carbonyl (C=O) groups excluding carboxylic acids is 3. The van der Waals surface area contributed by atoms with E-state index < -0.39 is 5.91 Å². The fourth-order valence-corrected chi connectivity index (χ4v) is 3.37. The molecule has 2 aliphatic rings. The van der Waals surface area contributed by atoms with Crippen molar-refractivity contribution in [2.45, 2.75) is 33.2 Å². The average Bonchev–Trinajstić information content (AvgIpc) is 2.74. The van der Waals surface area contributed by atoms with E-state index in [2.05, 4.69) is 0 Å². The van der Waals surface area contributed by atoms with Gasteiger partial charge in [-0.15, -0.1) is 0 Å². The lowest BCUT2D eigenvalue weighted by molar-refractivity contribution is -0.134. The van der Waals surface area contributed by atoms with E-state index in [9.17, 15) is 14.4 Å². The number of nitrogens with zero attached hydrogens (tertiary/aromatic N) is 2. The van der Waals surface area contributed by atoms with Gasteiger partial charge in [0.1, 0.15) is 6.54 Å². The zero-order chi connectivity index (χ0) is 17.6. The van der Waals surface area contributed by atoms with Crippen molar-refractivity contribution in [1.82, 2.24) is 9.80 Å². The predicted molar refractivity (Wildman–Crippen MR) is 89.5 cm³/mol. The van der Waals surface area contributed by atoms with Crippen LogP contribution in [0.15, 0.2) is 18.2 Å². The van der Waals surface area contributed by atoms with Gasteiger partial charge in [0.2, 0.25) is 5.91 Å². The topological polar surface area (TPSA) is 83.7 Å². The molecule has 0 bridgehead atoms. The van der Waals surface area contributed by atoms with Crippen molar-refractivity contribution in [2.24, 2.45) is 11.1 Å². The summed E-state index contributed by atoms with van der Waals surface area (Å²) in [4.78, 5) is 40.3. The molecule has 1 aromatic carbocycles. The maximum absolute atomic E-state index is 12.6. The summed E-state index contributed by atoms with van der Waals surface area (Å²) in [7, 11) is 0. The Morgan fingerprint density at radius 3 is 2.58 bits per heavy atom. The largest absolute Gasteiger partial charge is 0.340 e. The number of amides is 3. The zero-order valence-corrected chi connectivity index (χ0v) is 14.3. The van der Waals surface area contributed by atoms with Crippen molar-refractivity contribution in [1.29, 1.82) is 0 Å². The van der Waals surface area contributed by atoms with E-state index in [4.69, 9.17) is 5.73 Å². The summed E-state index contributed by atoms with van der Waals surface area (Å²) < 4.78 is 0. The van der Waals surface area contributed by atoms with Crippen LogP contribution < -0.4 is 5.73 Å². The molecule has 2 heterocycles. The number of carbonyl (C=O) groups is 3. The Morgan fingerprint density at radius 2 is 1.92 bits per heavy atom. The molecule has 3 amide bonds. The van der Waals surface area contributed by atoms with E-state index in [0.29, 0.717) is 24.2 Å². The van der Waals surface area contributed by atoms with Crippen LogP contribution >= 0.6 is 0 Å². The van der Waals surface area contributed by atoms with Gasteiger partial charge < -0.3 is 10.6 Å².